The standard InChI is InChI=1S/C24H25N3O2S/c1-30-24-26-21(17-9-4-2-5-10-17)16-22(27-24)25-19-13-8-14-20(15-19)29-23(28)18-11-6-3-7-12-18/h2,4-5,8-10,13-16,18H,3,6-7,11-12H2,1H3,(H,25,26,27). The fourth-order valence-corrected chi connectivity index (χ4v) is 4.04. The van der Waals surface area contributed by atoms with Crippen LogP contribution in [0.3, 0.4) is 0 Å². The van der Waals surface area contributed by atoms with Gasteiger partial charge in [-0.15, -0.1) is 0 Å². The Hall–Kier alpha value is -2.86. The highest BCUT2D eigenvalue weighted by Crippen LogP contribution is 2.28. The van der Waals surface area contributed by atoms with Gasteiger partial charge in [0.15, 0.2) is 5.16 Å². The molecule has 30 heavy (non-hydrogen) atoms. The Labute approximate surface area is 181 Å². The Bertz CT molecular complexity index is 1000. The second kappa shape index (κ2) is 9.76. The first-order valence-corrected chi connectivity index (χ1v) is 11.5. The molecule has 1 saturated carbocycles. The lowest BCUT2D eigenvalue weighted by Crippen LogP contribution is -2.22. The summed E-state index contributed by atoms with van der Waals surface area (Å²) in [5.41, 5.74) is 2.71. The van der Waals surface area contributed by atoms with Crippen LogP contribution in [0, 0.1) is 5.92 Å². The van der Waals surface area contributed by atoms with Crippen LogP contribution in [0.25, 0.3) is 11.3 Å². The first-order chi connectivity index (χ1) is 14.7. The second-order valence-electron chi connectivity index (χ2n) is 7.40. The number of carbonyl (C=O) groups is 1. The summed E-state index contributed by atoms with van der Waals surface area (Å²) in [7, 11) is 0. The van der Waals surface area contributed by atoms with Crippen molar-refractivity contribution in [3.8, 4) is 17.0 Å². The van der Waals surface area contributed by atoms with E-state index in [4.69, 9.17) is 4.74 Å². The highest BCUT2D eigenvalue weighted by Gasteiger charge is 2.23. The third-order valence-electron chi connectivity index (χ3n) is 5.22. The van der Waals surface area contributed by atoms with Crippen LogP contribution in [-0.2, 0) is 4.79 Å². The van der Waals surface area contributed by atoms with E-state index in [0.29, 0.717) is 16.7 Å². The predicted molar refractivity (Wildman–Crippen MR) is 121 cm³/mol. The van der Waals surface area contributed by atoms with Crippen molar-refractivity contribution in [2.24, 2.45) is 5.92 Å². The van der Waals surface area contributed by atoms with Crippen molar-refractivity contribution in [3.63, 3.8) is 0 Å². The van der Waals surface area contributed by atoms with Gasteiger partial charge in [0, 0.05) is 23.4 Å². The van der Waals surface area contributed by atoms with Gasteiger partial charge in [-0.3, -0.25) is 4.79 Å². The van der Waals surface area contributed by atoms with Crippen LogP contribution in [0.2, 0.25) is 0 Å². The van der Waals surface area contributed by atoms with E-state index in [9.17, 15) is 4.79 Å². The third-order valence-corrected chi connectivity index (χ3v) is 5.77. The smallest absolute Gasteiger partial charge is 0.314 e. The van der Waals surface area contributed by atoms with Crippen LogP contribution in [0.4, 0.5) is 11.5 Å². The molecule has 2 aromatic carbocycles. The molecule has 1 aliphatic carbocycles. The van der Waals surface area contributed by atoms with E-state index in [1.54, 1.807) is 0 Å². The lowest BCUT2D eigenvalue weighted by molar-refractivity contribution is -0.139. The molecule has 1 heterocycles. The van der Waals surface area contributed by atoms with Crippen molar-refractivity contribution in [2.75, 3.05) is 11.6 Å². The average molecular weight is 420 g/mol. The lowest BCUT2D eigenvalue weighted by atomic mass is 9.89. The molecule has 5 nitrogen and oxygen atoms in total. The normalized spacial score (nSPS) is 14.3. The molecule has 1 N–H and O–H groups in total. The summed E-state index contributed by atoms with van der Waals surface area (Å²) < 4.78 is 5.65. The number of benzene rings is 2. The van der Waals surface area contributed by atoms with Crippen molar-refractivity contribution in [1.29, 1.82) is 0 Å². The van der Waals surface area contributed by atoms with E-state index in [2.05, 4.69) is 15.3 Å². The number of aromatic nitrogens is 2. The number of rotatable bonds is 6. The van der Waals surface area contributed by atoms with E-state index < -0.39 is 0 Å². The molecule has 0 aliphatic heterocycles. The molecule has 3 aromatic rings. The maximum absolute atomic E-state index is 12.5. The minimum Gasteiger partial charge on any atom is -0.426 e. The first kappa shape index (κ1) is 20.4. The van der Waals surface area contributed by atoms with E-state index in [1.807, 2.05) is 66.9 Å². The summed E-state index contributed by atoms with van der Waals surface area (Å²) in [6.45, 7) is 0. The van der Waals surface area contributed by atoms with Crippen LogP contribution in [-0.4, -0.2) is 22.2 Å². The zero-order valence-electron chi connectivity index (χ0n) is 17.0. The number of ether oxygens (including phenoxy) is 1. The van der Waals surface area contributed by atoms with Crippen LogP contribution < -0.4 is 10.1 Å². The van der Waals surface area contributed by atoms with Crippen molar-refractivity contribution in [1.82, 2.24) is 9.97 Å². The van der Waals surface area contributed by atoms with Crippen LogP contribution in [0.15, 0.2) is 65.8 Å². The molecular weight excluding hydrogens is 394 g/mol. The van der Waals surface area contributed by atoms with Gasteiger partial charge >= 0.3 is 5.97 Å². The van der Waals surface area contributed by atoms with Gasteiger partial charge in [-0.25, -0.2) is 9.97 Å². The van der Waals surface area contributed by atoms with Crippen LogP contribution in [0.5, 0.6) is 5.75 Å². The number of anilines is 2. The number of esters is 1. The van der Waals surface area contributed by atoms with E-state index in [1.165, 1.54) is 18.2 Å². The summed E-state index contributed by atoms with van der Waals surface area (Å²) in [5, 5.41) is 4.02. The largest absolute Gasteiger partial charge is 0.426 e. The molecule has 0 bridgehead atoms. The number of nitrogens with zero attached hydrogens (tertiary/aromatic N) is 2. The summed E-state index contributed by atoms with van der Waals surface area (Å²) in [6, 6.07) is 19.4. The van der Waals surface area contributed by atoms with Gasteiger partial charge in [0.2, 0.25) is 0 Å². The second-order valence-corrected chi connectivity index (χ2v) is 8.17. The van der Waals surface area contributed by atoms with Crippen molar-refractivity contribution >= 4 is 29.2 Å². The van der Waals surface area contributed by atoms with Crippen molar-refractivity contribution < 1.29 is 9.53 Å². The summed E-state index contributed by atoms with van der Waals surface area (Å²) in [4.78, 5) is 21.6. The molecule has 154 valence electrons. The first-order valence-electron chi connectivity index (χ1n) is 10.3. The molecule has 0 radical (unpaired) electrons. The molecule has 6 heteroatoms. The highest BCUT2D eigenvalue weighted by molar-refractivity contribution is 7.98. The fourth-order valence-electron chi connectivity index (χ4n) is 3.66. The Morgan fingerprint density at radius 2 is 1.80 bits per heavy atom. The minimum absolute atomic E-state index is 0.0230. The van der Waals surface area contributed by atoms with Crippen molar-refractivity contribution in [2.45, 2.75) is 37.3 Å². The molecule has 0 unspecified atom stereocenters. The van der Waals surface area contributed by atoms with E-state index in [0.717, 1.165) is 42.6 Å². The molecular formula is C24H25N3O2S. The van der Waals surface area contributed by atoms with E-state index in [-0.39, 0.29) is 11.9 Å². The zero-order chi connectivity index (χ0) is 20.8. The van der Waals surface area contributed by atoms with Crippen molar-refractivity contribution in [3.05, 3.63) is 60.7 Å². The molecule has 1 aliphatic rings. The molecule has 0 spiro atoms. The maximum atomic E-state index is 12.5. The molecule has 0 amide bonds. The Balaban J connectivity index is 1.51. The fraction of sp³-hybridized carbons (Fsp3) is 0.292. The zero-order valence-corrected chi connectivity index (χ0v) is 17.8. The summed E-state index contributed by atoms with van der Waals surface area (Å²) in [5.74, 6) is 1.15. The number of nitrogens with one attached hydrogen (secondary N) is 1. The Kier molecular flexibility index (Phi) is 6.64. The molecule has 1 aromatic heterocycles. The average Bonchev–Trinajstić information content (AvgIpc) is 2.80. The predicted octanol–water partition coefficient (Wildman–Crippen LogP) is 6.09. The number of thioether (sulfide) groups is 1. The maximum Gasteiger partial charge on any atom is 0.314 e. The van der Waals surface area contributed by atoms with Gasteiger partial charge in [-0.1, -0.05) is 67.4 Å². The lowest BCUT2D eigenvalue weighted by Gasteiger charge is -2.20. The van der Waals surface area contributed by atoms with Gasteiger partial charge in [0.05, 0.1) is 11.6 Å². The van der Waals surface area contributed by atoms with Gasteiger partial charge in [-0.05, 0) is 31.2 Å². The molecule has 0 atom stereocenters. The topological polar surface area (TPSA) is 64.1 Å². The summed E-state index contributed by atoms with van der Waals surface area (Å²) in [6.07, 6.45) is 7.24. The summed E-state index contributed by atoms with van der Waals surface area (Å²) >= 11 is 1.50. The SMILES string of the molecule is CSc1nc(Nc2cccc(OC(=O)C3CCCCC3)c2)cc(-c2ccccc2)n1. The number of hydrogen-bond donors (Lipinski definition) is 1. The Morgan fingerprint density at radius 1 is 1.00 bits per heavy atom. The minimum atomic E-state index is -0.120. The highest BCUT2D eigenvalue weighted by atomic mass is 32.2. The number of hydrogen-bond acceptors (Lipinski definition) is 6. The Morgan fingerprint density at radius 3 is 2.57 bits per heavy atom. The third kappa shape index (κ3) is 5.19. The molecule has 1 fully saturated rings. The molecule has 0 saturated heterocycles. The monoisotopic (exact) mass is 419 g/mol. The van der Waals surface area contributed by atoms with Gasteiger partial charge < -0.3 is 10.1 Å². The van der Waals surface area contributed by atoms with Gasteiger partial charge in [0.25, 0.3) is 0 Å². The quantitative estimate of drug-likeness (QED) is 0.226. The van der Waals surface area contributed by atoms with E-state index >= 15 is 0 Å². The van der Waals surface area contributed by atoms with Crippen LogP contribution in [0.1, 0.15) is 32.1 Å². The number of carbonyl (C=O) groups excluding carboxylic acids is 1. The van der Waals surface area contributed by atoms with Crippen LogP contribution >= 0.6 is 11.8 Å². The van der Waals surface area contributed by atoms with Gasteiger partial charge in [0.1, 0.15) is 11.6 Å². The molecule has 4 rings (SSSR count). The van der Waals surface area contributed by atoms with Gasteiger partial charge in [-0.2, -0.15) is 0 Å².